The zero-order valence-electron chi connectivity index (χ0n) is 30.3. The van der Waals surface area contributed by atoms with E-state index in [-0.39, 0.29) is 72.3 Å². The fourth-order valence-electron chi connectivity index (χ4n) is 7.31. The molecule has 2 aliphatic carbocycles. The highest BCUT2D eigenvalue weighted by Crippen LogP contribution is 2.44. The maximum atomic E-state index is 13.9. The van der Waals surface area contributed by atoms with Crippen molar-refractivity contribution in [1.82, 2.24) is 20.5 Å². The molecule has 0 radical (unpaired) electrons. The molecule has 51 heavy (non-hydrogen) atoms. The van der Waals surface area contributed by atoms with Gasteiger partial charge in [0.15, 0.2) is 0 Å². The van der Waals surface area contributed by atoms with E-state index < -0.39 is 18.2 Å². The van der Waals surface area contributed by atoms with Gasteiger partial charge < -0.3 is 30.1 Å². The van der Waals surface area contributed by atoms with Crippen molar-refractivity contribution in [3.8, 4) is 11.1 Å². The third-order valence-electron chi connectivity index (χ3n) is 10.3. The van der Waals surface area contributed by atoms with Gasteiger partial charge in [0.2, 0.25) is 5.91 Å². The lowest BCUT2D eigenvalue weighted by Gasteiger charge is -2.36. The first-order chi connectivity index (χ1) is 24.4. The number of aliphatic hydroxyl groups excluding tert-OH is 1. The normalized spacial score (nSPS) is 18.7. The van der Waals surface area contributed by atoms with Gasteiger partial charge in [-0.05, 0) is 59.8 Å². The van der Waals surface area contributed by atoms with Gasteiger partial charge >= 0.3 is 12.1 Å². The van der Waals surface area contributed by atoms with E-state index in [2.05, 4.69) is 39.9 Å². The van der Waals surface area contributed by atoms with E-state index in [0.29, 0.717) is 30.7 Å². The number of ether oxygens (including phenoxy) is 2. The highest BCUT2D eigenvalue weighted by Gasteiger charge is 2.35. The standard InChI is InChI=1S/C39H50N4O7S/c1-22(2)32(19-33(44)36-41-31(21-51-36)35(45)40-25-17-15-24(16-18-25)38(47)49-6)43(5)37(46)34(23(3)4)42-39(48)50-20-30-28-13-9-7-11-26(28)27-12-8-10-14-29(27)30/h7-14,21-25,30,32-34,44H,15-20H2,1-6H3,(H,40,45)(H,42,48)/t24?,25?,32-,33-,34+/m1/s1. The minimum absolute atomic E-state index is 0.0290. The Kier molecular flexibility index (Phi) is 12.5. The highest BCUT2D eigenvalue weighted by molar-refractivity contribution is 7.09. The largest absolute Gasteiger partial charge is 0.469 e. The number of esters is 1. The Morgan fingerprint density at radius 3 is 2.12 bits per heavy atom. The van der Waals surface area contributed by atoms with Crippen LogP contribution in [0.25, 0.3) is 11.1 Å². The SMILES string of the molecule is COC(=O)C1CCC(NC(=O)c2csc([C@H](O)C[C@H](C(C)C)N(C)C(=O)[C@@H](NC(=O)OCC3c4ccccc4-c4ccccc43)C(C)C)n2)CC1. The number of hydrogen-bond donors (Lipinski definition) is 3. The van der Waals surface area contributed by atoms with E-state index >= 15 is 0 Å². The summed E-state index contributed by atoms with van der Waals surface area (Å²) < 4.78 is 10.6. The molecule has 0 spiro atoms. The average molecular weight is 719 g/mol. The molecule has 1 aromatic heterocycles. The van der Waals surface area contributed by atoms with Crippen molar-refractivity contribution in [3.05, 3.63) is 75.7 Å². The molecule has 1 saturated carbocycles. The van der Waals surface area contributed by atoms with Gasteiger partial charge in [0.05, 0.1) is 13.0 Å². The molecule has 0 aliphatic heterocycles. The first-order valence-electron chi connectivity index (χ1n) is 17.8. The zero-order chi connectivity index (χ0) is 36.8. The Bertz CT molecular complexity index is 1650. The van der Waals surface area contributed by atoms with Crippen LogP contribution in [0.4, 0.5) is 4.79 Å². The van der Waals surface area contributed by atoms with Crippen LogP contribution in [0.3, 0.4) is 0 Å². The van der Waals surface area contributed by atoms with Crippen molar-refractivity contribution in [3.63, 3.8) is 0 Å². The Morgan fingerprint density at radius 1 is 0.941 bits per heavy atom. The van der Waals surface area contributed by atoms with Crippen LogP contribution in [0.15, 0.2) is 53.9 Å². The van der Waals surface area contributed by atoms with E-state index in [1.165, 1.54) is 18.4 Å². The number of hydrogen-bond acceptors (Lipinski definition) is 9. The Balaban J connectivity index is 1.16. The second-order valence-electron chi connectivity index (χ2n) is 14.3. The third-order valence-corrected chi connectivity index (χ3v) is 11.2. The fraction of sp³-hybridized carbons (Fsp3) is 0.513. The van der Waals surface area contributed by atoms with Crippen LogP contribution in [0.2, 0.25) is 0 Å². The van der Waals surface area contributed by atoms with E-state index in [9.17, 15) is 24.3 Å². The molecule has 3 amide bonds. The number of benzene rings is 2. The van der Waals surface area contributed by atoms with Gasteiger partial charge in [0, 0.05) is 36.9 Å². The van der Waals surface area contributed by atoms with Crippen molar-refractivity contribution >= 4 is 35.2 Å². The molecule has 5 rings (SSSR count). The van der Waals surface area contributed by atoms with Crippen LogP contribution in [0.1, 0.15) is 98.4 Å². The summed E-state index contributed by atoms with van der Waals surface area (Å²) >= 11 is 1.20. The zero-order valence-corrected chi connectivity index (χ0v) is 31.1. The second-order valence-corrected chi connectivity index (χ2v) is 15.2. The maximum Gasteiger partial charge on any atom is 0.407 e. The minimum Gasteiger partial charge on any atom is -0.469 e. The van der Waals surface area contributed by atoms with E-state index in [1.54, 1.807) is 17.3 Å². The van der Waals surface area contributed by atoms with Crippen LogP contribution >= 0.6 is 11.3 Å². The number of alkyl carbamates (subject to hydrolysis) is 1. The van der Waals surface area contributed by atoms with E-state index in [0.717, 1.165) is 22.3 Å². The molecule has 3 N–H and O–H groups in total. The third kappa shape index (κ3) is 8.78. The summed E-state index contributed by atoms with van der Waals surface area (Å²) in [6, 6.07) is 14.9. The monoisotopic (exact) mass is 718 g/mol. The summed E-state index contributed by atoms with van der Waals surface area (Å²) in [4.78, 5) is 57.9. The number of carbonyl (C=O) groups is 4. The van der Waals surface area contributed by atoms with Gasteiger partial charge in [0.1, 0.15) is 29.5 Å². The number of amides is 3. The van der Waals surface area contributed by atoms with Crippen molar-refractivity contribution in [2.75, 3.05) is 20.8 Å². The van der Waals surface area contributed by atoms with E-state index in [1.807, 2.05) is 52.0 Å². The number of aromatic nitrogens is 1. The van der Waals surface area contributed by atoms with E-state index in [4.69, 9.17) is 9.47 Å². The first kappa shape index (κ1) is 38.0. The average Bonchev–Trinajstić information content (AvgIpc) is 3.75. The molecule has 2 aliphatic rings. The molecule has 12 heteroatoms. The predicted molar refractivity (Wildman–Crippen MR) is 195 cm³/mol. The molecule has 3 aromatic rings. The lowest BCUT2D eigenvalue weighted by atomic mass is 9.86. The number of thiazole rings is 1. The Morgan fingerprint density at radius 2 is 1.55 bits per heavy atom. The van der Waals surface area contributed by atoms with Crippen molar-refractivity contribution in [2.24, 2.45) is 17.8 Å². The number of nitrogens with zero attached hydrogens (tertiary/aromatic N) is 2. The van der Waals surface area contributed by atoms with Crippen LogP contribution < -0.4 is 10.6 Å². The molecule has 1 heterocycles. The number of rotatable bonds is 13. The summed E-state index contributed by atoms with van der Waals surface area (Å²) in [6.45, 7) is 7.82. The van der Waals surface area contributed by atoms with Gasteiger partial charge in [-0.25, -0.2) is 9.78 Å². The summed E-state index contributed by atoms with van der Waals surface area (Å²) in [7, 11) is 3.07. The maximum absolute atomic E-state index is 13.9. The quantitative estimate of drug-likeness (QED) is 0.181. The first-order valence-corrected chi connectivity index (χ1v) is 18.7. The van der Waals surface area contributed by atoms with Gasteiger partial charge in [-0.2, -0.15) is 0 Å². The van der Waals surface area contributed by atoms with Crippen LogP contribution in [-0.2, 0) is 19.1 Å². The van der Waals surface area contributed by atoms with Gasteiger partial charge in [0.25, 0.3) is 5.91 Å². The van der Waals surface area contributed by atoms with Gasteiger partial charge in [-0.3, -0.25) is 14.4 Å². The molecular formula is C39H50N4O7S. The summed E-state index contributed by atoms with van der Waals surface area (Å²) in [5.74, 6) is -1.31. The van der Waals surface area contributed by atoms with Crippen molar-refractivity contribution in [2.45, 2.75) is 89.9 Å². The molecule has 0 unspecified atom stereocenters. The Hall–Kier alpha value is -4.29. The second kappa shape index (κ2) is 16.8. The summed E-state index contributed by atoms with van der Waals surface area (Å²) in [5, 5.41) is 19.1. The summed E-state index contributed by atoms with van der Waals surface area (Å²) in [5.41, 5.74) is 4.70. The molecule has 11 nitrogen and oxygen atoms in total. The number of carbonyl (C=O) groups excluding carboxylic acids is 4. The molecule has 1 fully saturated rings. The minimum atomic E-state index is -1.01. The molecule has 274 valence electrons. The number of aliphatic hydroxyl groups is 1. The number of nitrogens with one attached hydrogen (secondary N) is 2. The molecule has 3 atom stereocenters. The number of methoxy groups -OCH3 is 1. The van der Waals surface area contributed by atoms with Gasteiger partial charge in [-0.15, -0.1) is 11.3 Å². The Labute approximate surface area is 304 Å². The topological polar surface area (TPSA) is 147 Å². The van der Waals surface area contributed by atoms with Crippen LogP contribution in [0.5, 0.6) is 0 Å². The molecular weight excluding hydrogens is 669 g/mol. The van der Waals surface area contributed by atoms with Crippen molar-refractivity contribution < 1.29 is 33.8 Å². The molecule has 0 bridgehead atoms. The van der Waals surface area contributed by atoms with Gasteiger partial charge in [-0.1, -0.05) is 76.2 Å². The fourth-order valence-corrected chi connectivity index (χ4v) is 8.11. The number of fused-ring (bicyclic) bond motifs is 3. The highest BCUT2D eigenvalue weighted by atomic mass is 32.1. The van der Waals surface area contributed by atoms with Crippen LogP contribution in [0, 0.1) is 17.8 Å². The lowest BCUT2D eigenvalue weighted by molar-refractivity contribution is -0.146. The predicted octanol–water partition coefficient (Wildman–Crippen LogP) is 6.07. The van der Waals surface area contributed by atoms with Crippen LogP contribution in [-0.4, -0.2) is 77.8 Å². The van der Waals surface area contributed by atoms with Crippen molar-refractivity contribution in [1.29, 1.82) is 0 Å². The molecule has 0 saturated heterocycles. The smallest absolute Gasteiger partial charge is 0.407 e. The summed E-state index contributed by atoms with van der Waals surface area (Å²) in [6.07, 6.45) is 1.18. The lowest BCUT2D eigenvalue weighted by Crippen LogP contribution is -2.54. The molecule has 2 aromatic carbocycles. The number of likely N-dealkylation sites (N-methyl/N-ethyl adjacent to an activating group) is 1.